The number of carbonyl (C=O) groups excluding carboxylic acids is 2. The normalized spacial score (nSPS) is 10.5. The van der Waals surface area contributed by atoms with E-state index in [0.29, 0.717) is 51.9 Å². The average Bonchev–Trinajstić information content (AvgIpc) is 3.08. The Labute approximate surface area is 261 Å². The third-order valence-electron chi connectivity index (χ3n) is 6.98. The van der Waals surface area contributed by atoms with Gasteiger partial charge in [-0.15, -0.1) is 0 Å². The third kappa shape index (κ3) is 8.03. The van der Waals surface area contributed by atoms with E-state index in [2.05, 4.69) is 10.6 Å². The number of carbonyl (C=O) groups is 2. The summed E-state index contributed by atoms with van der Waals surface area (Å²) in [6, 6.07) is 48.6. The van der Waals surface area contributed by atoms with Crippen LogP contribution in [0.4, 0.5) is 11.4 Å². The van der Waals surface area contributed by atoms with Gasteiger partial charge >= 0.3 is 0 Å². The minimum Gasteiger partial charge on any atom is -0.457 e. The van der Waals surface area contributed by atoms with Gasteiger partial charge in [0.1, 0.15) is 23.0 Å². The van der Waals surface area contributed by atoms with Crippen molar-refractivity contribution in [3.05, 3.63) is 180 Å². The molecule has 0 unspecified atom stereocenters. The van der Waals surface area contributed by atoms with Crippen molar-refractivity contribution < 1.29 is 19.1 Å². The minimum atomic E-state index is -0.214. The topological polar surface area (TPSA) is 76.7 Å². The van der Waals surface area contributed by atoms with Crippen LogP contribution in [0.5, 0.6) is 23.0 Å². The molecule has 0 saturated carbocycles. The van der Waals surface area contributed by atoms with Gasteiger partial charge in [-0.1, -0.05) is 72.8 Å². The van der Waals surface area contributed by atoms with Gasteiger partial charge in [-0.2, -0.15) is 0 Å². The van der Waals surface area contributed by atoms with Gasteiger partial charge in [-0.3, -0.25) is 9.59 Å². The van der Waals surface area contributed by atoms with Crippen molar-refractivity contribution in [2.45, 2.75) is 6.42 Å². The number of nitrogens with one attached hydrogen (secondary N) is 2. The Morgan fingerprint density at radius 1 is 0.422 bits per heavy atom. The van der Waals surface area contributed by atoms with Crippen molar-refractivity contribution >= 4 is 23.2 Å². The molecule has 0 fully saturated rings. The average molecular weight is 591 g/mol. The van der Waals surface area contributed by atoms with Gasteiger partial charge in [0, 0.05) is 22.5 Å². The van der Waals surface area contributed by atoms with Crippen molar-refractivity contribution in [2.24, 2.45) is 0 Å². The van der Waals surface area contributed by atoms with E-state index in [1.54, 1.807) is 36.4 Å². The van der Waals surface area contributed by atoms with Crippen LogP contribution < -0.4 is 20.1 Å². The maximum absolute atomic E-state index is 12.9. The first-order valence-corrected chi connectivity index (χ1v) is 14.5. The summed E-state index contributed by atoms with van der Waals surface area (Å²) in [5, 5.41) is 5.90. The molecule has 6 nitrogen and oxygen atoms in total. The van der Waals surface area contributed by atoms with E-state index in [0.717, 1.165) is 11.1 Å². The first kappa shape index (κ1) is 29.0. The Kier molecular flexibility index (Phi) is 8.94. The molecule has 0 aliphatic rings. The molecule has 0 heterocycles. The lowest BCUT2D eigenvalue weighted by molar-refractivity contribution is 0.101. The number of anilines is 2. The molecule has 6 rings (SSSR count). The zero-order valence-electron chi connectivity index (χ0n) is 24.4. The molecule has 0 atom stereocenters. The summed E-state index contributed by atoms with van der Waals surface area (Å²) in [5.74, 6) is 2.18. The van der Waals surface area contributed by atoms with Crippen molar-refractivity contribution in [1.82, 2.24) is 0 Å². The predicted octanol–water partition coefficient (Wildman–Crippen LogP) is 9.37. The molecule has 2 N–H and O–H groups in total. The molecule has 0 spiro atoms. The summed E-state index contributed by atoms with van der Waals surface area (Å²) in [5.41, 5.74) is 4.61. The third-order valence-corrected chi connectivity index (χ3v) is 6.98. The number of hydrogen-bond acceptors (Lipinski definition) is 4. The SMILES string of the molecule is O=C(Nc1ccc(Cc2ccc(NC(=O)c3cccc(Oc4ccccc4)c3)cc2)cc1)c1cccc(Oc2ccccc2)c1. The number of para-hydroxylation sites is 2. The highest BCUT2D eigenvalue weighted by atomic mass is 16.5. The highest BCUT2D eigenvalue weighted by molar-refractivity contribution is 6.05. The van der Waals surface area contributed by atoms with Crippen molar-refractivity contribution in [3.8, 4) is 23.0 Å². The van der Waals surface area contributed by atoms with Gasteiger partial charge in [0.25, 0.3) is 11.8 Å². The van der Waals surface area contributed by atoms with Crippen LogP contribution in [-0.4, -0.2) is 11.8 Å². The lowest BCUT2D eigenvalue weighted by Crippen LogP contribution is -2.12. The predicted molar refractivity (Wildman–Crippen MR) is 178 cm³/mol. The van der Waals surface area contributed by atoms with E-state index >= 15 is 0 Å². The smallest absolute Gasteiger partial charge is 0.255 e. The van der Waals surface area contributed by atoms with Crippen LogP contribution in [0.25, 0.3) is 0 Å². The molecule has 2 amide bonds. The van der Waals surface area contributed by atoms with Crippen molar-refractivity contribution in [3.63, 3.8) is 0 Å². The van der Waals surface area contributed by atoms with Crippen molar-refractivity contribution in [1.29, 1.82) is 0 Å². The van der Waals surface area contributed by atoms with E-state index in [-0.39, 0.29) is 11.8 Å². The van der Waals surface area contributed by atoms with Crippen LogP contribution in [0.1, 0.15) is 31.8 Å². The zero-order chi connectivity index (χ0) is 30.8. The van der Waals surface area contributed by atoms with Gasteiger partial charge in [0.2, 0.25) is 0 Å². The van der Waals surface area contributed by atoms with Crippen LogP contribution in [-0.2, 0) is 6.42 Å². The number of hydrogen-bond donors (Lipinski definition) is 2. The Balaban J connectivity index is 1.02. The lowest BCUT2D eigenvalue weighted by atomic mass is 10.0. The molecule has 0 radical (unpaired) electrons. The Morgan fingerprint density at radius 2 is 0.800 bits per heavy atom. The van der Waals surface area contributed by atoms with E-state index in [9.17, 15) is 9.59 Å². The monoisotopic (exact) mass is 590 g/mol. The first-order chi connectivity index (χ1) is 22.1. The van der Waals surface area contributed by atoms with Crippen LogP contribution >= 0.6 is 0 Å². The summed E-state index contributed by atoms with van der Waals surface area (Å²) in [7, 11) is 0. The van der Waals surface area contributed by atoms with Gasteiger partial charge in [0.15, 0.2) is 0 Å². The molecule has 0 aliphatic heterocycles. The Morgan fingerprint density at radius 3 is 1.20 bits per heavy atom. The second kappa shape index (κ2) is 13.9. The maximum atomic E-state index is 12.9. The van der Waals surface area contributed by atoms with Gasteiger partial charge < -0.3 is 20.1 Å². The summed E-state index contributed by atoms with van der Waals surface area (Å²) in [6.45, 7) is 0. The fourth-order valence-electron chi connectivity index (χ4n) is 4.70. The number of benzene rings is 6. The number of amides is 2. The summed E-state index contributed by atoms with van der Waals surface area (Å²) < 4.78 is 11.7. The van der Waals surface area contributed by atoms with Gasteiger partial charge in [-0.05, 0) is 102 Å². The standard InChI is InChI=1S/C39H30N2O4/c42-38(30-9-7-15-36(26-30)44-34-11-3-1-4-12-34)40-32-21-17-28(18-22-32)25-29-19-23-33(24-20-29)41-39(43)31-10-8-16-37(27-31)45-35-13-5-2-6-14-35/h1-24,26-27H,25H2,(H,40,42)(H,41,43). The van der Waals surface area contributed by atoms with E-state index in [1.165, 1.54) is 0 Å². The largest absolute Gasteiger partial charge is 0.457 e. The molecule has 45 heavy (non-hydrogen) atoms. The summed E-state index contributed by atoms with van der Waals surface area (Å²) in [6.07, 6.45) is 0.709. The quantitative estimate of drug-likeness (QED) is 0.167. The molecule has 6 heteroatoms. The Bertz CT molecular complexity index is 1750. The fourth-order valence-corrected chi connectivity index (χ4v) is 4.70. The van der Waals surface area contributed by atoms with Crippen LogP contribution in [0, 0.1) is 0 Å². The number of ether oxygens (including phenoxy) is 2. The molecule has 0 aliphatic carbocycles. The maximum Gasteiger partial charge on any atom is 0.255 e. The minimum absolute atomic E-state index is 0.214. The Hall–Kier alpha value is -6.14. The molecular formula is C39H30N2O4. The van der Waals surface area contributed by atoms with Gasteiger partial charge in [-0.25, -0.2) is 0 Å². The lowest BCUT2D eigenvalue weighted by Gasteiger charge is -2.10. The van der Waals surface area contributed by atoms with Crippen LogP contribution in [0.3, 0.4) is 0 Å². The molecule has 6 aromatic rings. The zero-order valence-corrected chi connectivity index (χ0v) is 24.4. The molecule has 220 valence electrons. The van der Waals surface area contributed by atoms with E-state index < -0.39 is 0 Å². The van der Waals surface area contributed by atoms with Crippen LogP contribution in [0.2, 0.25) is 0 Å². The molecule has 6 aromatic carbocycles. The molecule has 0 aromatic heterocycles. The highest BCUT2D eigenvalue weighted by Crippen LogP contribution is 2.24. The summed E-state index contributed by atoms with van der Waals surface area (Å²) >= 11 is 0. The number of rotatable bonds is 10. The fraction of sp³-hybridized carbons (Fsp3) is 0.0256. The van der Waals surface area contributed by atoms with Gasteiger partial charge in [0.05, 0.1) is 0 Å². The second-order valence-corrected chi connectivity index (χ2v) is 10.4. The van der Waals surface area contributed by atoms with Crippen LogP contribution in [0.15, 0.2) is 158 Å². The molecular weight excluding hydrogens is 560 g/mol. The second-order valence-electron chi connectivity index (χ2n) is 10.4. The first-order valence-electron chi connectivity index (χ1n) is 14.5. The molecule has 0 saturated heterocycles. The van der Waals surface area contributed by atoms with Crippen molar-refractivity contribution in [2.75, 3.05) is 10.6 Å². The molecule has 0 bridgehead atoms. The van der Waals surface area contributed by atoms with E-state index in [1.807, 2.05) is 121 Å². The van der Waals surface area contributed by atoms with E-state index in [4.69, 9.17) is 9.47 Å². The highest BCUT2D eigenvalue weighted by Gasteiger charge is 2.10. The summed E-state index contributed by atoms with van der Waals surface area (Å²) in [4.78, 5) is 25.8.